The zero-order chi connectivity index (χ0) is 11.8. The minimum atomic E-state index is 0.827. The largest absolute Gasteiger partial charge is 0.306 e. The molecule has 1 aromatic carbocycles. The number of rotatable bonds is 2. The quantitative estimate of drug-likeness (QED) is 0.795. The average molecular weight is 251 g/mol. The molecule has 0 bridgehead atoms. The number of fused-ring (bicyclic) bond motifs is 1. The Labute approximate surface area is 108 Å². The molecule has 92 valence electrons. The van der Waals surface area contributed by atoms with Gasteiger partial charge in [0.05, 0.1) is 0 Å². The molecule has 2 heterocycles. The van der Waals surface area contributed by atoms with E-state index in [0.29, 0.717) is 0 Å². The van der Waals surface area contributed by atoms with Gasteiger partial charge in [0.2, 0.25) is 0 Å². The van der Waals surface area contributed by atoms with Crippen LogP contribution in [0.25, 0.3) is 0 Å². The molecule has 2 nitrogen and oxygen atoms in total. The molecule has 2 unspecified atom stereocenters. The molecular formula is C14H19ClN2. The molecule has 2 aliphatic rings. The van der Waals surface area contributed by atoms with E-state index in [0.717, 1.165) is 23.4 Å². The van der Waals surface area contributed by atoms with E-state index in [1.54, 1.807) is 0 Å². The van der Waals surface area contributed by atoms with Crippen LogP contribution in [0.1, 0.15) is 5.56 Å². The van der Waals surface area contributed by atoms with Crippen molar-refractivity contribution in [1.82, 2.24) is 9.80 Å². The Morgan fingerprint density at radius 2 is 1.65 bits per heavy atom. The van der Waals surface area contributed by atoms with Gasteiger partial charge in [-0.2, -0.15) is 0 Å². The summed E-state index contributed by atoms with van der Waals surface area (Å²) in [6, 6.07) is 8.26. The minimum Gasteiger partial charge on any atom is -0.306 e. The first kappa shape index (κ1) is 11.5. The highest BCUT2D eigenvalue weighted by Gasteiger charge is 2.38. The molecule has 2 aliphatic heterocycles. The van der Waals surface area contributed by atoms with Crippen LogP contribution in [-0.4, -0.2) is 43.0 Å². The third-order valence-corrected chi connectivity index (χ3v) is 4.32. The van der Waals surface area contributed by atoms with Crippen molar-refractivity contribution in [3.05, 3.63) is 34.9 Å². The molecule has 2 atom stereocenters. The fourth-order valence-corrected chi connectivity index (χ4v) is 3.43. The van der Waals surface area contributed by atoms with Crippen molar-refractivity contribution in [2.45, 2.75) is 6.54 Å². The number of hydrogen-bond donors (Lipinski definition) is 0. The van der Waals surface area contributed by atoms with Crippen molar-refractivity contribution >= 4 is 11.6 Å². The normalized spacial score (nSPS) is 29.8. The molecule has 3 heteroatoms. The van der Waals surface area contributed by atoms with Gasteiger partial charge in [-0.15, -0.1) is 0 Å². The molecular weight excluding hydrogens is 232 g/mol. The fraction of sp³-hybridized carbons (Fsp3) is 0.571. The molecule has 0 aliphatic carbocycles. The molecule has 0 saturated carbocycles. The van der Waals surface area contributed by atoms with Crippen LogP contribution < -0.4 is 0 Å². The second-order valence-corrected chi connectivity index (χ2v) is 6.00. The Balaban J connectivity index is 1.60. The maximum Gasteiger partial charge on any atom is 0.0406 e. The van der Waals surface area contributed by atoms with E-state index in [1.807, 2.05) is 12.1 Å². The second kappa shape index (κ2) is 4.60. The number of hydrogen-bond acceptors (Lipinski definition) is 2. The maximum atomic E-state index is 5.90. The third kappa shape index (κ3) is 2.49. The Bertz CT molecular complexity index is 376. The summed E-state index contributed by atoms with van der Waals surface area (Å²) < 4.78 is 0. The SMILES string of the molecule is CN1CC2CN(Cc3ccc(Cl)cc3)CC2C1. The molecule has 17 heavy (non-hydrogen) atoms. The minimum absolute atomic E-state index is 0.827. The van der Waals surface area contributed by atoms with E-state index < -0.39 is 0 Å². The first-order valence-corrected chi connectivity index (χ1v) is 6.74. The number of likely N-dealkylation sites (tertiary alicyclic amines) is 2. The van der Waals surface area contributed by atoms with E-state index >= 15 is 0 Å². The summed E-state index contributed by atoms with van der Waals surface area (Å²) in [6.07, 6.45) is 0. The van der Waals surface area contributed by atoms with E-state index in [9.17, 15) is 0 Å². The topological polar surface area (TPSA) is 6.48 Å². The van der Waals surface area contributed by atoms with Crippen LogP contribution >= 0.6 is 11.6 Å². The predicted molar refractivity (Wildman–Crippen MR) is 71.2 cm³/mol. The molecule has 2 saturated heterocycles. The molecule has 2 fully saturated rings. The summed E-state index contributed by atoms with van der Waals surface area (Å²) in [4.78, 5) is 5.06. The van der Waals surface area contributed by atoms with Crippen LogP contribution in [0.5, 0.6) is 0 Å². The smallest absolute Gasteiger partial charge is 0.0406 e. The van der Waals surface area contributed by atoms with E-state index in [-0.39, 0.29) is 0 Å². The standard InChI is InChI=1S/C14H19ClN2/c1-16-7-12-9-17(10-13(12)8-16)6-11-2-4-14(15)5-3-11/h2-5,12-13H,6-10H2,1H3. The Morgan fingerprint density at radius 3 is 2.24 bits per heavy atom. The predicted octanol–water partition coefficient (Wildman–Crippen LogP) is 2.33. The van der Waals surface area contributed by atoms with E-state index in [1.165, 1.54) is 31.7 Å². The Morgan fingerprint density at radius 1 is 1.06 bits per heavy atom. The molecule has 0 N–H and O–H groups in total. The van der Waals surface area contributed by atoms with Gasteiger partial charge in [-0.3, -0.25) is 4.90 Å². The zero-order valence-electron chi connectivity index (χ0n) is 10.3. The highest BCUT2D eigenvalue weighted by molar-refractivity contribution is 6.30. The van der Waals surface area contributed by atoms with Gasteiger partial charge >= 0.3 is 0 Å². The van der Waals surface area contributed by atoms with Crippen molar-refractivity contribution in [2.24, 2.45) is 11.8 Å². The van der Waals surface area contributed by atoms with Crippen LogP contribution in [0.2, 0.25) is 5.02 Å². The van der Waals surface area contributed by atoms with Crippen molar-refractivity contribution in [1.29, 1.82) is 0 Å². The van der Waals surface area contributed by atoms with Gasteiger partial charge < -0.3 is 4.90 Å². The number of benzene rings is 1. The highest BCUT2D eigenvalue weighted by Crippen LogP contribution is 2.30. The van der Waals surface area contributed by atoms with Gasteiger partial charge in [-0.25, -0.2) is 0 Å². The van der Waals surface area contributed by atoms with Crippen molar-refractivity contribution in [3.63, 3.8) is 0 Å². The summed E-state index contributed by atoms with van der Waals surface area (Å²) in [6.45, 7) is 6.16. The molecule has 0 aromatic heterocycles. The summed E-state index contributed by atoms with van der Waals surface area (Å²) in [5.41, 5.74) is 1.38. The lowest BCUT2D eigenvalue weighted by Crippen LogP contribution is -2.26. The highest BCUT2D eigenvalue weighted by atomic mass is 35.5. The van der Waals surface area contributed by atoms with Crippen LogP contribution in [0.3, 0.4) is 0 Å². The average Bonchev–Trinajstić information content (AvgIpc) is 2.78. The zero-order valence-corrected chi connectivity index (χ0v) is 11.0. The fourth-order valence-electron chi connectivity index (χ4n) is 3.30. The van der Waals surface area contributed by atoms with E-state index in [2.05, 4.69) is 29.0 Å². The lowest BCUT2D eigenvalue weighted by Gasteiger charge is -2.18. The maximum absolute atomic E-state index is 5.90. The second-order valence-electron chi connectivity index (χ2n) is 5.56. The Hall–Kier alpha value is -0.570. The summed E-state index contributed by atoms with van der Waals surface area (Å²) in [5, 5.41) is 0.827. The van der Waals surface area contributed by atoms with Crippen molar-refractivity contribution in [2.75, 3.05) is 33.2 Å². The van der Waals surface area contributed by atoms with Crippen molar-refractivity contribution in [3.8, 4) is 0 Å². The first-order valence-electron chi connectivity index (χ1n) is 6.36. The van der Waals surface area contributed by atoms with Gasteiger partial charge in [0.15, 0.2) is 0 Å². The first-order chi connectivity index (χ1) is 8.20. The molecule has 1 aromatic rings. The summed E-state index contributed by atoms with van der Waals surface area (Å²) in [5.74, 6) is 1.79. The van der Waals surface area contributed by atoms with Gasteiger partial charge in [0.25, 0.3) is 0 Å². The lowest BCUT2D eigenvalue weighted by molar-refractivity contribution is 0.272. The van der Waals surface area contributed by atoms with Crippen LogP contribution in [0.15, 0.2) is 24.3 Å². The molecule has 0 amide bonds. The van der Waals surface area contributed by atoms with Gasteiger partial charge in [0, 0.05) is 37.7 Å². The van der Waals surface area contributed by atoms with E-state index in [4.69, 9.17) is 11.6 Å². The summed E-state index contributed by atoms with van der Waals surface area (Å²) in [7, 11) is 2.24. The third-order valence-electron chi connectivity index (χ3n) is 4.06. The monoisotopic (exact) mass is 250 g/mol. The van der Waals surface area contributed by atoms with Crippen LogP contribution in [0, 0.1) is 11.8 Å². The lowest BCUT2D eigenvalue weighted by atomic mass is 10.0. The van der Waals surface area contributed by atoms with Gasteiger partial charge in [-0.1, -0.05) is 23.7 Å². The van der Waals surface area contributed by atoms with Gasteiger partial charge in [-0.05, 0) is 36.6 Å². The molecule has 0 radical (unpaired) electrons. The number of nitrogens with zero attached hydrogens (tertiary/aromatic N) is 2. The van der Waals surface area contributed by atoms with Gasteiger partial charge in [0.1, 0.15) is 0 Å². The van der Waals surface area contributed by atoms with Crippen LogP contribution in [0.4, 0.5) is 0 Å². The van der Waals surface area contributed by atoms with Crippen molar-refractivity contribution < 1.29 is 0 Å². The molecule has 0 spiro atoms. The molecule has 3 rings (SSSR count). The van der Waals surface area contributed by atoms with Crippen LogP contribution in [-0.2, 0) is 6.54 Å². The number of halogens is 1. The summed E-state index contributed by atoms with van der Waals surface area (Å²) >= 11 is 5.90. The Kier molecular flexibility index (Phi) is 3.12.